The minimum Gasteiger partial charge on any atom is -0.618 e. The largest absolute Gasteiger partial charge is 0.618 e. The van der Waals surface area contributed by atoms with Crippen LogP contribution in [0, 0.1) is 5.21 Å². The molecule has 0 unspecified atom stereocenters. The molecular weight excluding hydrogens is 530 g/mol. The number of H-pyrrole nitrogens is 1. The summed E-state index contributed by atoms with van der Waals surface area (Å²) < 4.78 is 2.13. The molecule has 0 aliphatic heterocycles. The van der Waals surface area contributed by atoms with Crippen molar-refractivity contribution in [2.45, 2.75) is 39.7 Å². The highest BCUT2D eigenvalue weighted by Crippen LogP contribution is 2.30. The first-order valence-electron chi connectivity index (χ1n) is 12.8. The highest BCUT2D eigenvalue weighted by atomic mass is 35.5. The molecule has 0 atom stereocenters. The zero-order valence-corrected chi connectivity index (χ0v) is 22.7. The summed E-state index contributed by atoms with van der Waals surface area (Å²) in [4.78, 5) is 30.0. The number of unbranched alkanes of at least 4 members (excludes halogenated alkanes) is 1. The van der Waals surface area contributed by atoms with Gasteiger partial charge in [-0.05, 0) is 39.6 Å². The van der Waals surface area contributed by atoms with Gasteiger partial charge in [-0.1, -0.05) is 73.5 Å². The fraction of sp³-hybridized carbons (Fsp3) is 0.207. The van der Waals surface area contributed by atoms with Gasteiger partial charge in [0.25, 0.3) is 17.2 Å². The number of Topliss-reactive ketones (excluding diaryl/α,β-unsaturated/α-hetero) is 1. The summed E-state index contributed by atoms with van der Waals surface area (Å²) in [6, 6.07) is 20.0. The summed E-state index contributed by atoms with van der Waals surface area (Å²) in [7, 11) is 0. The van der Waals surface area contributed by atoms with Gasteiger partial charge in [-0.2, -0.15) is 4.73 Å². The number of hydrogen-bond donors (Lipinski definition) is 1. The Hall–Kier alpha value is -4.70. The second-order valence-electron chi connectivity index (χ2n) is 9.33. The van der Waals surface area contributed by atoms with E-state index >= 15 is 0 Å². The van der Waals surface area contributed by atoms with E-state index in [0.717, 1.165) is 35.1 Å². The highest BCUT2D eigenvalue weighted by Gasteiger charge is 2.29. The van der Waals surface area contributed by atoms with Crippen LogP contribution in [0.1, 0.15) is 64.7 Å². The van der Waals surface area contributed by atoms with Gasteiger partial charge in [0.05, 0.1) is 0 Å². The van der Waals surface area contributed by atoms with Crippen LogP contribution in [0.25, 0.3) is 22.5 Å². The summed E-state index contributed by atoms with van der Waals surface area (Å²) in [5.74, 6) is 0.196. The Morgan fingerprint density at radius 1 is 1.00 bits per heavy atom. The van der Waals surface area contributed by atoms with E-state index in [1.807, 2.05) is 48.5 Å². The Morgan fingerprint density at radius 3 is 2.40 bits per heavy atom. The van der Waals surface area contributed by atoms with Crippen molar-refractivity contribution in [3.63, 3.8) is 0 Å². The molecule has 0 fully saturated rings. The number of aromatic amines is 1. The van der Waals surface area contributed by atoms with Crippen LogP contribution in [-0.4, -0.2) is 41.7 Å². The Kier molecular flexibility index (Phi) is 7.79. The molecule has 0 radical (unpaired) electrons. The van der Waals surface area contributed by atoms with E-state index in [-0.39, 0.29) is 22.2 Å². The Labute approximate surface area is 235 Å². The molecule has 0 bridgehead atoms. The topological polar surface area (TPSA) is 133 Å². The van der Waals surface area contributed by atoms with Crippen molar-refractivity contribution >= 4 is 23.2 Å². The van der Waals surface area contributed by atoms with Gasteiger partial charge in [0.2, 0.25) is 5.78 Å². The quantitative estimate of drug-likeness (QED) is 0.148. The lowest BCUT2D eigenvalue weighted by Gasteiger charge is -2.13. The SMILES string of the molecule is CCCCc1nc(Cl)c(C(=O)c2cccc(C(C)=O)[n+]2[O-])n1Cc1ccc(-c2ccccc2-c2nnn[nH]2)cc1. The number of carbonyl (C=O) groups excluding carboxylic acids is 2. The monoisotopic (exact) mass is 555 g/mol. The zero-order chi connectivity index (χ0) is 28.2. The Morgan fingerprint density at radius 2 is 1.73 bits per heavy atom. The van der Waals surface area contributed by atoms with E-state index in [0.29, 0.717) is 29.3 Å². The highest BCUT2D eigenvalue weighted by molar-refractivity contribution is 6.33. The van der Waals surface area contributed by atoms with Crippen LogP contribution >= 0.6 is 11.6 Å². The molecule has 5 aromatic rings. The molecule has 0 amide bonds. The average molecular weight is 556 g/mol. The molecule has 2 aromatic carbocycles. The lowest BCUT2D eigenvalue weighted by molar-refractivity contribution is -0.609. The molecule has 0 saturated carbocycles. The number of carbonyl (C=O) groups is 2. The first kappa shape index (κ1) is 26.9. The number of halogens is 1. The average Bonchev–Trinajstić information content (AvgIpc) is 3.60. The van der Waals surface area contributed by atoms with Crippen molar-refractivity contribution in [2.75, 3.05) is 0 Å². The molecule has 3 aromatic heterocycles. The molecule has 40 heavy (non-hydrogen) atoms. The third kappa shape index (κ3) is 5.26. The number of hydrogen-bond acceptors (Lipinski definition) is 7. The molecular formula is C29H26ClN7O3. The van der Waals surface area contributed by atoms with E-state index in [4.69, 9.17) is 11.6 Å². The van der Waals surface area contributed by atoms with Crippen molar-refractivity contribution in [3.05, 3.63) is 106 Å². The standard InChI is InChI=1S/C29H26ClN7O3/c1-3-4-12-25-31-28(30)26(27(39)24-11-7-10-23(18(2)38)37(24)40)36(25)17-19-13-15-20(16-14-19)21-8-5-6-9-22(21)29-32-34-35-33-29/h5-11,13-16H,3-4,12,17H2,1-2H3,(H,32,33,34,35). The Bertz CT molecular complexity index is 1680. The minimum absolute atomic E-state index is 0.0237. The fourth-order valence-electron chi connectivity index (χ4n) is 4.61. The third-order valence-electron chi connectivity index (χ3n) is 6.65. The zero-order valence-electron chi connectivity index (χ0n) is 22.0. The number of aromatic nitrogens is 7. The van der Waals surface area contributed by atoms with Crippen molar-refractivity contribution < 1.29 is 14.3 Å². The van der Waals surface area contributed by atoms with Gasteiger partial charge >= 0.3 is 0 Å². The fourth-order valence-corrected chi connectivity index (χ4v) is 4.90. The molecule has 0 aliphatic carbocycles. The summed E-state index contributed by atoms with van der Waals surface area (Å²) in [5, 5.41) is 27.1. The van der Waals surface area contributed by atoms with Crippen LogP contribution in [0.2, 0.25) is 5.15 Å². The first-order chi connectivity index (χ1) is 19.4. The lowest BCUT2D eigenvalue weighted by atomic mass is 9.98. The van der Waals surface area contributed by atoms with E-state index in [1.165, 1.54) is 25.1 Å². The van der Waals surface area contributed by atoms with Gasteiger partial charge in [0, 0.05) is 37.6 Å². The van der Waals surface area contributed by atoms with Crippen molar-refractivity contribution in [1.29, 1.82) is 0 Å². The van der Waals surface area contributed by atoms with Crippen LogP contribution in [-0.2, 0) is 13.0 Å². The summed E-state index contributed by atoms with van der Waals surface area (Å²) in [5.41, 5.74) is 3.53. The number of benzene rings is 2. The van der Waals surface area contributed by atoms with Crippen LogP contribution in [0.5, 0.6) is 0 Å². The molecule has 11 heteroatoms. The summed E-state index contributed by atoms with van der Waals surface area (Å²) in [6.07, 6.45) is 2.41. The molecule has 0 saturated heterocycles. The maximum absolute atomic E-state index is 13.7. The van der Waals surface area contributed by atoms with Gasteiger partial charge in [-0.3, -0.25) is 9.59 Å². The number of rotatable bonds is 10. The van der Waals surface area contributed by atoms with Crippen LogP contribution in [0.15, 0.2) is 66.7 Å². The normalized spacial score (nSPS) is 11.1. The number of tetrazole rings is 1. The van der Waals surface area contributed by atoms with Crippen LogP contribution < -0.4 is 4.73 Å². The molecule has 0 aliphatic rings. The number of imidazole rings is 1. The maximum atomic E-state index is 13.7. The smallest absolute Gasteiger partial charge is 0.277 e. The second-order valence-corrected chi connectivity index (χ2v) is 9.68. The van der Waals surface area contributed by atoms with E-state index in [9.17, 15) is 14.8 Å². The van der Waals surface area contributed by atoms with Crippen molar-refractivity contribution in [2.24, 2.45) is 0 Å². The van der Waals surface area contributed by atoms with Gasteiger partial charge in [0.1, 0.15) is 11.5 Å². The number of nitrogens with one attached hydrogen (secondary N) is 1. The Balaban J connectivity index is 1.51. The van der Waals surface area contributed by atoms with Gasteiger partial charge in [-0.25, -0.2) is 10.1 Å². The predicted molar refractivity (Wildman–Crippen MR) is 149 cm³/mol. The molecule has 1 N–H and O–H groups in total. The van der Waals surface area contributed by atoms with Crippen LogP contribution in [0.3, 0.4) is 0 Å². The number of ketones is 2. The summed E-state index contributed by atoms with van der Waals surface area (Å²) >= 11 is 6.52. The lowest BCUT2D eigenvalue weighted by Crippen LogP contribution is -2.41. The predicted octanol–water partition coefficient (Wildman–Crippen LogP) is 4.84. The third-order valence-corrected chi connectivity index (χ3v) is 6.91. The molecule has 202 valence electrons. The first-order valence-corrected chi connectivity index (χ1v) is 13.2. The number of aryl methyl sites for hydroxylation is 1. The number of pyridine rings is 1. The van der Waals surface area contributed by atoms with Gasteiger partial charge in [-0.15, -0.1) is 5.10 Å². The van der Waals surface area contributed by atoms with Crippen LogP contribution in [0.4, 0.5) is 0 Å². The second kappa shape index (κ2) is 11.6. The molecule has 5 rings (SSSR count). The summed E-state index contributed by atoms with van der Waals surface area (Å²) in [6.45, 7) is 3.67. The van der Waals surface area contributed by atoms with Crippen molar-refractivity contribution in [1.82, 2.24) is 30.2 Å². The minimum atomic E-state index is -0.593. The van der Waals surface area contributed by atoms with E-state index < -0.39 is 11.6 Å². The number of nitrogens with zero attached hydrogens (tertiary/aromatic N) is 6. The van der Waals surface area contributed by atoms with E-state index in [1.54, 1.807) is 4.57 Å². The molecule has 10 nitrogen and oxygen atoms in total. The molecule has 3 heterocycles. The van der Waals surface area contributed by atoms with Gasteiger partial charge < -0.3 is 9.77 Å². The van der Waals surface area contributed by atoms with Gasteiger partial charge in [0.15, 0.2) is 11.0 Å². The molecule has 0 spiro atoms. The van der Waals surface area contributed by atoms with Crippen molar-refractivity contribution in [3.8, 4) is 22.5 Å². The maximum Gasteiger partial charge on any atom is 0.277 e. The van der Waals surface area contributed by atoms with E-state index in [2.05, 4.69) is 32.5 Å².